The number of nitrogens with zero attached hydrogens (tertiary/aromatic N) is 1. The summed E-state index contributed by atoms with van der Waals surface area (Å²) in [6, 6.07) is 9.52. The Labute approximate surface area is 140 Å². The second-order valence-electron chi connectivity index (χ2n) is 5.07. The zero-order chi connectivity index (χ0) is 15.0. The van der Waals surface area contributed by atoms with Crippen LogP contribution in [0.3, 0.4) is 0 Å². The van der Waals surface area contributed by atoms with Gasteiger partial charge in [-0.1, -0.05) is 35.9 Å². The first-order chi connectivity index (χ1) is 10.0. The van der Waals surface area contributed by atoms with Crippen LogP contribution in [-0.4, -0.2) is 22.0 Å². The van der Waals surface area contributed by atoms with E-state index in [2.05, 4.69) is 22.0 Å². The number of thiophene rings is 1. The van der Waals surface area contributed by atoms with Gasteiger partial charge >= 0.3 is 5.97 Å². The van der Waals surface area contributed by atoms with E-state index in [4.69, 9.17) is 11.6 Å². The second-order valence-corrected chi connectivity index (χ2v) is 7.66. The molecule has 2 heterocycles. The van der Waals surface area contributed by atoms with Gasteiger partial charge in [-0.15, -0.1) is 11.3 Å². The molecule has 0 spiro atoms. The van der Waals surface area contributed by atoms with Crippen molar-refractivity contribution >= 4 is 44.8 Å². The summed E-state index contributed by atoms with van der Waals surface area (Å²) in [4.78, 5) is 14.6. The molecule has 1 aliphatic heterocycles. The van der Waals surface area contributed by atoms with E-state index in [0.717, 1.165) is 14.9 Å². The first kappa shape index (κ1) is 15.0. The molecule has 0 saturated carbocycles. The van der Waals surface area contributed by atoms with Crippen molar-refractivity contribution in [3.05, 3.63) is 55.1 Å². The largest absolute Gasteiger partial charge is 0.480 e. The van der Waals surface area contributed by atoms with E-state index in [-0.39, 0.29) is 0 Å². The van der Waals surface area contributed by atoms with Crippen LogP contribution in [0.1, 0.15) is 16.0 Å². The lowest BCUT2D eigenvalue weighted by Gasteiger charge is -2.34. The monoisotopic (exact) mass is 385 g/mol. The number of benzene rings is 1. The van der Waals surface area contributed by atoms with Crippen LogP contribution in [0.4, 0.5) is 0 Å². The van der Waals surface area contributed by atoms with E-state index in [0.29, 0.717) is 23.8 Å². The Morgan fingerprint density at radius 2 is 2.14 bits per heavy atom. The predicted octanol–water partition coefficient (Wildman–Crippen LogP) is 4.18. The summed E-state index contributed by atoms with van der Waals surface area (Å²) in [6.45, 7) is 1.25. The van der Waals surface area contributed by atoms with E-state index in [9.17, 15) is 9.90 Å². The second kappa shape index (κ2) is 6.08. The standard InChI is InChI=1S/C15H13BrClNO2S/c16-12-6-11(21-14(12)17)8-18-7-10-4-2-1-3-9(10)5-13(18)15(19)20/h1-4,6,13H,5,7-8H2,(H,19,20). The number of carboxylic acid groups (broad SMARTS) is 1. The first-order valence-electron chi connectivity index (χ1n) is 6.52. The number of fused-ring (bicyclic) bond motifs is 1. The van der Waals surface area contributed by atoms with E-state index >= 15 is 0 Å². The van der Waals surface area contributed by atoms with Crippen LogP contribution >= 0.6 is 38.9 Å². The van der Waals surface area contributed by atoms with Crippen molar-refractivity contribution < 1.29 is 9.90 Å². The normalized spacial score (nSPS) is 18.5. The smallest absolute Gasteiger partial charge is 0.321 e. The SMILES string of the molecule is O=C(O)C1Cc2ccccc2CN1Cc1cc(Br)c(Cl)s1. The number of rotatable bonds is 3. The van der Waals surface area contributed by atoms with Gasteiger partial charge in [0, 0.05) is 22.4 Å². The van der Waals surface area contributed by atoms with Crippen LogP contribution < -0.4 is 0 Å². The third kappa shape index (κ3) is 3.16. The van der Waals surface area contributed by atoms with Crippen molar-refractivity contribution in [2.24, 2.45) is 0 Å². The van der Waals surface area contributed by atoms with Crippen LogP contribution in [0.5, 0.6) is 0 Å². The van der Waals surface area contributed by atoms with Gasteiger partial charge < -0.3 is 5.11 Å². The minimum Gasteiger partial charge on any atom is -0.480 e. The molecule has 0 radical (unpaired) electrons. The summed E-state index contributed by atoms with van der Waals surface area (Å²) in [6.07, 6.45) is 0.547. The predicted molar refractivity (Wildman–Crippen MR) is 87.8 cm³/mol. The first-order valence-corrected chi connectivity index (χ1v) is 8.50. The molecule has 0 fully saturated rings. The maximum absolute atomic E-state index is 11.6. The quantitative estimate of drug-likeness (QED) is 0.860. The summed E-state index contributed by atoms with van der Waals surface area (Å²) in [7, 11) is 0. The molecule has 1 N–H and O–H groups in total. The molecule has 1 aliphatic rings. The van der Waals surface area contributed by atoms with Gasteiger partial charge in [0.25, 0.3) is 0 Å². The Kier molecular flexibility index (Phi) is 4.36. The molecule has 21 heavy (non-hydrogen) atoms. The number of halogens is 2. The van der Waals surface area contributed by atoms with Crippen LogP contribution in [0.2, 0.25) is 4.34 Å². The summed E-state index contributed by atoms with van der Waals surface area (Å²) in [5, 5.41) is 9.50. The molecule has 0 amide bonds. The molecule has 2 aromatic rings. The van der Waals surface area contributed by atoms with Crippen LogP contribution in [0.25, 0.3) is 0 Å². The number of carboxylic acids is 1. The molecule has 0 aliphatic carbocycles. The van der Waals surface area contributed by atoms with Crippen LogP contribution in [0.15, 0.2) is 34.8 Å². The average Bonchev–Trinajstić information content (AvgIpc) is 2.76. The molecule has 1 aromatic heterocycles. The Morgan fingerprint density at radius 3 is 2.76 bits per heavy atom. The minimum absolute atomic E-state index is 0.487. The van der Waals surface area contributed by atoms with Gasteiger partial charge in [-0.2, -0.15) is 0 Å². The number of hydrogen-bond acceptors (Lipinski definition) is 3. The Balaban J connectivity index is 1.87. The van der Waals surface area contributed by atoms with Gasteiger partial charge in [0.2, 0.25) is 0 Å². The van der Waals surface area contributed by atoms with E-state index in [1.807, 2.05) is 29.2 Å². The number of carbonyl (C=O) groups is 1. The van der Waals surface area contributed by atoms with Gasteiger partial charge in [0.05, 0.1) is 0 Å². The van der Waals surface area contributed by atoms with Gasteiger partial charge in [-0.3, -0.25) is 9.69 Å². The fourth-order valence-corrected chi connectivity index (χ4v) is 4.47. The van der Waals surface area contributed by atoms with E-state index < -0.39 is 12.0 Å². The maximum atomic E-state index is 11.6. The molecule has 1 unspecified atom stereocenters. The summed E-state index contributed by atoms with van der Waals surface area (Å²) in [5.41, 5.74) is 2.34. The van der Waals surface area contributed by atoms with Crippen molar-refractivity contribution in [2.45, 2.75) is 25.6 Å². The maximum Gasteiger partial charge on any atom is 0.321 e. The molecule has 110 valence electrons. The van der Waals surface area contributed by atoms with Crippen molar-refractivity contribution in [2.75, 3.05) is 0 Å². The number of aliphatic carboxylic acids is 1. The fraction of sp³-hybridized carbons (Fsp3) is 0.267. The molecule has 1 atom stereocenters. The highest BCUT2D eigenvalue weighted by molar-refractivity contribution is 9.10. The molecule has 0 bridgehead atoms. The van der Waals surface area contributed by atoms with Crippen molar-refractivity contribution in [3.8, 4) is 0 Å². The zero-order valence-electron chi connectivity index (χ0n) is 11.1. The topological polar surface area (TPSA) is 40.5 Å². The summed E-state index contributed by atoms with van der Waals surface area (Å²) >= 11 is 10.9. The fourth-order valence-electron chi connectivity index (χ4n) is 2.66. The Bertz CT molecular complexity index is 669. The molecular weight excluding hydrogens is 374 g/mol. The van der Waals surface area contributed by atoms with Gasteiger partial charge in [0.1, 0.15) is 10.4 Å². The molecule has 6 heteroatoms. The van der Waals surface area contributed by atoms with Gasteiger partial charge in [-0.25, -0.2) is 0 Å². The van der Waals surface area contributed by atoms with E-state index in [1.165, 1.54) is 16.9 Å². The van der Waals surface area contributed by atoms with Gasteiger partial charge in [-0.05, 0) is 39.5 Å². The van der Waals surface area contributed by atoms with Crippen molar-refractivity contribution in [3.63, 3.8) is 0 Å². The van der Waals surface area contributed by atoms with Crippen molar-refractivity contribution in [1.29, 1.82) is 0 Å². The Morgan fingerprint density at radius 1 is 1.43 bits per heavy atom. The van der Waals surface area contributed by atoms with Crippen LogP contribution in [-0.2, 0) is 24.3 Å². The van der Waals surface area contributed by atoms with Crippen LogP contribution in [0, 0.1) is 0 Å². The van der Waals surface area contributed by atoms with Gasteiger partial charge in [0.15, 0.2) is 0 Å². The molecule has 3 rings (SSSR count). The summed E-state index contributed by atoms with van der Waals surface area (Å²) in [5.74, 6) is -0.772. The lowest BCUT2D eigenvalue weighted by Crippen LogP contribution is -2.44. The van der Waals surface area contributed by atoms with Crippen molar-refractivity contribution in [1.82, 2.24) is 4.90 Å². The third-order valence-corrected chi connectivity index (χ3v) is 6.15. The lowest BCUT2D eigenvalue weighted by molar-refractivity contribution is -0.144. The minimum atomic E-state index is -0.772. The average molecular weight is 387 g/mol. The lowest BCUT2D eigenvalue weighted by atomic mass is 9.94. The molecule has 3 nitrogen and oxygen atoms in total. The Hall–Kier alpha value is -0.880. The molecule has 1 aromatic carbocycles. The number of hydrogen-bond donors (Lipinski definition) is 1. The highest BCUT2D eigenvalue weighted by atomic mass is 79.9. The molecular formula is C15H13BrClNO2S. The third-order valence-electron chi connectivity index (χ3n) is 3.69. The zero-order valence-corrected chi connectivity index (χ0v) is 14.2. The summed E-state index contributed by atoms with van der Waals surface area (Å²) < 4.78 is 1.57. The molecule has 0 saturated heterocycles. The van der Waals surface area contributed by atoms with E-state index in [1.54, 1.807) is 0 Å². The highest BCUT2D eigenvalue weighted by Crippen LogP contribution is 2.34. The highest BCUT2D eigenvalue weighted by Gasteiger charge is 2.31.